The molecule has 0 heterocycles. The lowest BCUT2D eigenvalue weighted by Crippen LogP contribution is -2.44. The number of carboxylic acid groups (broad SMARTS) is 1. The molecule has 212 valence electrons. The van der Waals surface area contributed by atoms with Gasteiger partial charge in [-0.1, -0.05) is 69.4 Å². The van der Waals surface area contributed by atoms with Gasteiger partial charge in [0.15, 0.2) is 0 Å². The van der Waals surface area contributed by atoms with Gasteiger partial charge >= 0.3 is 12.1 Å². The number of hydrogen-bond donors (Lipinski definition) is 2. The van der Waals surface area contributed by atoms with Crippen molar-refractivity contribution in [1.29, 1.82) is 0 Å². The Balaban J connectivity index is 2.46. The van der Waals surface area contributed by atoms with Gasteiger partial charge in [-0.2, -0.15) is 17.5 Å². The summed E-state index contributed by atoms with van der Waals surface area (Å²) in [7, 11) is -4.00. The van der Waals surface area contributed by atoms with E-state index in [0.29, 0.717) is 18.5 Å². The molecule has 38 heavy (non-hydrogen) atoms. The van der Waals surface area contributed by atoms with E-state index in [1.54, 1.807) is 12.1 Å². The molecule has 0 aliphatic heterocycles. The maximum absolute atomic E-state index is 13.6. The molecule has 2 aromatic carbocycles. The maximum Gasteiger partial charge on any atom is 0.416 e. The van der Waals surface area contributed by atoms with Crippen molar-refractivity contribution in [3.63, 3.8) is 0 Å². The molecule has 2 atom stereocenters. The van der Waals surface area contributed by atoms with Crippen molar-refractivity contribution in [1.82, 2.24) is 9.62 Å². The van der Waals surface area contributed by atoms with Crippen LogP contribution in [0.15, 0.2) is 53.4 Å². The summed E-state index contributed by atoms with van der Waals surface area (Å²) in [4.78, 5) is 12.6. The molecule has 0 saturated heterocycles. The van der Waals surface area contributed by atoms with Gasteiger partial charge in [0, 0.05) is 19.1 Å². The summed E-state index contributed by atoms with van der Waals surface area (Å²) in [5, 5.41) is 13.4. The first-order valence-electron chi connectivity index (χ1n) is 13.1. The molecule has 0 bridgehead atoms. The van der Waals surface area contributed by atoms with E-state index in [1.807, 2.05) is 20.8 Å². The highest BCUT2D eigenvalue weighted by molar-refractivity contribution is 7.89. The SMILES string of the molecule is CCCCCNC(c1ccc(C(F)(F)F)cc1)C(CN(CCCCC)S(=O)(=O)c1ccc(C)cc1)C(=O)O. The number of nitrogens with zero attached hydrogens (tertiary/aromatic N) is 1. The minimum absolute atomic E-state index is 0.0747. The third-order valence-electron chi connectivity index (χ3n) is 6.53. The molecule has 2 N–H and O–H groups in total. The average Bonchev–Trinajstić information content (AvgIpc) is 2.86. The van der Waals surface area contributed by atoms with Gasteiger partial charge in [-0.25, -0.2) is 8.42 Å². The molecule has 10 heteroatoms. The van der Waals surface area contributed by atoms with E-state index in [1.165, 1.54) is 28.6 Å². The molecule has 0 aliphatic carbocycles. The Kier molecular flexibility index (Phi) is 12.3. The minimum Gasteiger partial charge on any atom is -0.481 e. The minimum atomic E-state index is -4.52. The Morgan fingerprint density at radius 1 is 0.947 bits per heavy atom. The van der Waals surface area contributed by atoms with Crippen LogP contribution in [0.1, 0.15) is 75.1 Å². The van der Waals surface area contributed by atoms with Gasteiger partial charge in [0.1, 0.15) is 0 Å². The first-order valence-corrected chi connectivity index (χ1v) is 14.6. The molecular weight excluding hydrogens is 517 g/mol. The number of rotatable bonds is 16. The number of alkyl halides is 3. The zero-order valence-electron chi connectivity index (χ0n) is 22.3. The molecule has 0 aliphatic rings. The van der Waals surface area contributed by atoms with Gasteiger partial charge in [0.2, 0.25) is 10.0 Å². The van der Waals surface area contributed by atoms with Crippen LogP contribution in [0.2, 0.25) is 0 Å². The Labute approximate surface area is 224 Å². The quantitative estimate of drug-likeness (QED) is 0.233. The number of halogens is 3. The number of sulfonamides is 1. The lowest BCUT2D eigenvalue weighted by atomic mass is 9.91. The van der Waals surface area contributed by atoms with Gasteiger partial charge in [0.25, 0.3) is 0 Å². The highest BCUT2D eigenvalue weighted by Crippen LogP contribution is 2.32. The zero-order chi connectivity index (χ0) is 28.3. The number of unbranched alkanes of at least 4 members (excludes halogenated alkanes) is 4. The number of aryl methyl sites for hydroxylation is 1. The molecule has 0 radical (unpaired) electrons. The number of nitrogens with one attached hydrogen (secondary N) is 1. The van der Waals surface area contributed by atoms with E-state index < -0.39 is 39.7 Å². The predicted molar refractivity (Wildman–Crippen MR) is 142 cm³/mol. The highest BCUT2D eigenvalue weighted by atomic mass is 32.2. The van der Waals surface area contributed by atoms with Crippen molar-refractivity contribution in [2.45, 2.75) is 76.4 Å². The predicted octanol–water partition coefficient (Wildman–Crippen LogP) is 6.42. The average molecular weight is 557 g/mol. The Morgan fingerprint density at radius 3 is 2.05 bits per heavy atom. The van der Waals surface area contributed by atoms with Crippen molar-refractivity contribution in [2.24, 2.45) is 5.92 Å². The molecule has 2 rings (SSSR count). The monoisotopic (exact) mass is 556 g/mol. The van der Waals surface area contributed by atoms with Gasteiger partial charge in [-0.3, -0.25) is 4.79 Å². The molecule has 0 fully saturated rings. The first-order chi connectivity index (χ1) is 17.9. The summed E-state index contributed by atoms with van der Waals surface area (Å²) in [5.41, 5.74) is 0.424. The van der Waals surface area contributed by atoms with E-state index in [0.717, 1.165) is 49.8 Å². The van der Waals surface area contributed by atoms with E-state index in [2.05, 4.69) is 5.32 Å². The standard InChI is InChI=1S/C28H39F3N2O4S/c1-4-6-8-18-32-26(22-12-14-23(15-13-22)28(29,30)31)25(27(34)35)20-33(19-9-7-5-2)38(36,37)24-16-10-21(3)11-17-24/h10-17,25-26,32H,4-9,18-20H2,1-3H3,(H,34,35). The van der Waals surface area contributed by atoms with Crippen LogP contribution in [-0.4, -0.2) is 43.4 Å². The summed E-state index contributed by atoms with van der Waals surface area (Å²) in [6.07, 6.45) is 0.255. The summed E-state index contributed by atoms with van der Waals surface area (Å²) in [5.74, 6) is -2.45. The topological polar surface area (TPSA) is 86.7 Å². The Morgan fingerprint density at radius 2 is 1.53 bits per heavy atom. The van der Waals surface area contributed by atoms with Gasteiger partial charge in [-0.15, -0.1) is 0 Å². The second-order valence-corrected chi connectivity index (χ2v) is 11.5. The number of carbonyl (C=O) groups is 1. The fraction of sp³-hybridized carbons (Fsp3) is 0.536. The largest absolute Gasteiger partial charge is 0.481 e. The molecule has 0 amide bonds. The third-order valence-corrected chi connectivity index (χ3v) is 8.41. The lowest BCUT2D eigenvalue weighted by molar-refractivity contribution is -0.143. The van der Waals surface area contributed by atoms with E-state index >= 15 is 0 Å². The molecule has 0 aromatic heterocycles. The molecular formula is C28H39F3N2O4S. The van der Waals surface area contributed by atoms with Crippen LogP contribution < -0.4 is 5.32 Å². The van der Waals surface area contributed by atoms with Crippen molar-refractivity contribution in [2.75, 3.05) is 19.6 Å². The summed E-state index contributed by atoms with van der Waals surface area (Å²) < 4.78 is 67.8. The van der Waals surface area contributed by atoms with Gasteiger partial charge in [-0.05, 0) is 56.1 Å². The number of benzene rings is 2. The summed E-state index contributed by atoms with van der Waals surface area (Å²) in [6, 6.07) is 9.89. The smallest absolute Gasteiger partial charge is 0.416 e. The van der Waals surface area contributed by atoms with E-state index in [9.17, 15) is 31.5 Å². The zero-order valence-corrected chi connectivity index (χ0v) is 23.1. The Hall–Kier alpha value is -2.43. The lowest BCUT2D eigenvalue weighted by Gasteiger charge is -2.31. The highest BCUT2D eigenvalue weighted by Gasteiger charge is 2.36. The Bertz CT molecular complexity index is 1100. The van der Waals surface area contributed by atoms with Crippen LogP contribution in [0.3, 0.4) is 0 Å². The van der Waals surface area contributed by atoms with Crippen LogP contribution >= 0.6 is 0 Å². The maximum atomic E-state index is 13.6. The molecule has 2 unspecified atom stereocenters. The van der Waals surface area contributed by atoms with E-state index in [4.69, 9.17) is 0 Å². The van der Waals surface area contributed by atoms with Crippen LogP contribution in [0.4, 0.5) is 13.2 Å². The van der Waals surface area contributed by atoms with Crippen LogP contribution in [0, 0.1) is 12.8 Å². The van der Waals surface area contributed by atoms with E-state index in [-0.39, 0.29) is 18.0 Å². The van der Waals surface area contributed by atoms with Crippen LogP contribution in [-0.2, 0) is 21.0 Å². The van der Waals surface area contributed by atoms with Crippen molar-refractivity contribution in [3.8, 4) is 0 Å². The summed E-state index contributed by atoms with van der Waals surface area (Å²) >= 11 is 0. The number of carboxylic acids is 1. The fourth-order valence-corrected chi connectivity index (χ4v) is 5.76. The van der Waals surface area contributed by atoms with Crippen molar-refractivity contribution >= 4 is 16.0 Å². The summed E-state index contributed by atoms with van der Waals surface area (Å²) in [6.45, 7) is 6.13. The normalized spacial score (nSPS) is 14.0. The second kappa shape index (κ2) is 14.6. The molecule has 0 saturated carbocycles. The second-order valence-electron chi connectivity index (χ2n) is 9.59. The number of hydrogen-bond acceptors (Lipinski definition) is 4. The third kappa shape index (κ3) is 9.10. The number of aliphatic carboxylic acids is 1. The van der Waals surface area contributed by atoms with Crippen LogP contribution in [0.5, 0.6) is 0 Å². The first kappa shape index (κ1) is 31.8. The molecule has 0 spiro atoms. The molecule has 6 nitrogen and oxygen atoms in total. The molecule has 2 aromatic rings. The van der Waals surface area contributed by atoms with Crippen molar-refractivity contribution < 1.29 is 31.5 Å². The van der Waals surface area contributed by atoms with Crippen LogP contribution in [0.25, 0.3) is 0 Å². The van der Waals surface area contributed by atoms with Gasteiger partial charge in [0.05, 0.1) is 16.4 Å². The van der Waals surface area contributed by atoms with Gasteiger partial charge < -0.3 is 10.4 Å². The van der Waals surface area contributed by atoms with Crippen molar-refractivity contribution in [3.05, 3.63) is 65.2 Å². The fourth-order valence-electron chi connectivity index (χ4n) is 4.26.